The summed E-state index contributed by atoms with van der Waals surface area (Å²) in [5.74, 6) is 0.165. The van der Waals surface area contributed by atoms with Gasteiger partial charge in [0.15, 0.2) is 0 Å². The van der Waals surface area contributed by atoms with Gasteiger partial charge in [0.05, 0.1) is 22.5 Å². The summed E-state index contributed by atoms with van der Waals surface area (Å²) < 4.78 is 61.2. The van der Waals surface area contributed by atoms with Crippen molar-refractivity contribution in [3.63, 3.8) is 0 Å². The molecule has 2 heterocycles. The molecule has 1 amide bonds. The summed E-state index contributed by atoms with van der Waals surface area (Å²) in [5, 5.41) is 0. The molecule has 3 aromatic rings. The average molecular weight is 517 g/mol. The topological polar surface area (TPSA) is 135 Å². The number of likely N-dealkylation sites (tertiary alicyclic amines) is 1. The molecule has 2 N–H and O–H groups in total. The maximum atomic E-state index is 13.0. The van der Waals surface area contributed by atoms with Gasteiger partial charge in [-0.2, -0.15) is 0 Å². The van der Waals surface area contributed by atoms with Crippen molar-refractivity contribution in [3.8, 4) is 5.75 Å². The van der Waals surface area contributed by atoms with Gasteiger partial charge < -0.3 is 9.64 Å². The van der Waals surface area contributed by atoms with Crippen molar-refractivity contribution in [1.29, 1.82) is 0 Å². The molecule has 0 bridgehead atoms. The van der Waals surface area contributed by atoms with Crippen LogP contribution in [-0.2, 0) is 20.0 Å². The summed E-state index contributed by atoms with van der Waals surface area (Å²) in [5.41, 5.74) is 0.323. The molecule has 1 saturated heterocycles. The molecule has 35 heavy (non-hydrogen) atoms. The fraction of sp³-hybridized carbons (Fsp3) is 0.217. The van der Waals surface area contributed by atoms with E-state index in [0.29, 0.717) is 13.1 Å². The number of hydrogen-bond donors (Lipinski definition) is 2. The second kappa shape index (κ2) is 9.92. The highest BCUT2D eigenvalue weighted by Gasteiger charge is 2.25. The van der Waals surface area contributed by atoms with E-state index in [1.54, 1.807) is 17.0 Å². The SMILES string of the molecule is COc1ccc(S(=O)(=O)Nc2ccc(S(=O)(=O)Nc3ccccn3)cc2)cc1C(=O)N1CCCC1. The number of carbonyl (C=O) groups is 1. The zero-order valence-electron chi connectivity index (χ0n) is 18.8. The van der Waals surface area contributed by atoms with Crippen LogP contribution in [0.5, 0.6) is 5.75 Å². The van der Waals surface area contributed by atoms with Crippen molar-refractivity contribution < 1.29 is 26.4 Å². The van der Waals surface area contributed by atoms with Crippen LogP contribution in [0.2, 0.25) is 0 Å². The second-order valence-corrected chi connectivity index (χ2v) is 11.2. The van der Waals surface area contributed by atoms with E-state index >= 15 is 0 Å². The Kier molecular flexibility index (Phi) is 6.94. The van der Waals surface area contributed by atoms with E-state index in [1.165, 1.54) is 61.8 Å². The number of hydrogen-bond acceptors (Lipinski definition) is 7. The van der Waals surface area contributed by atoms with Gasteiger partial charge in [0.1, 0.15) is 11.6 Å². The maximum Gasteiger partial charge on any atom is 0.263 e. The number of anilines is 2. The lowest BCUT2D eigenvalue weighted by atomic mass is 10.1. The molecule has 1 aliphatic rings. The number of ether oxygens (including phenoxy) is 1. The van der Waals surface area contributed by atoms with E-state index in [0.717, 1.165) is 12.8 Å². The summed E-state index contributed by atoms with van der Waals surface area (Å²) in [6, 6.07) is 14.1. The highest BCUT2D eigenvalue weighted by atomic mass is 32.2. The summed E-state index contributed by atoms with van der Waals surface area (Å²) in [6.45, 7) is 1.23. The van der Waals surface area contributed by atoms with Crippen LogP contribution in [0.3, 0.4) is 0 Å². The van der Waals surface area contributed by atoms with Gasteiger partial charge in [-0.15, -0.1) is 0 Å². The van der Waals surface area contributed by atoms with Crippen molar-refractivity contribution in [2.75, 3.05) is 29.6 Å². The predicted molar refractivity (Wildman–Crippen MR) is 130 cm³/mol. The van der Waals surface area contributed by atoms with Crippen molar-refractivity contribution in [2.24, 2.45) is 0 Å². The summed E-state index contributed by atoms with van der Waals surface area (Å²) in [6.07, 6.45) is 3.26. The number of benzene rings is 2. The van der Waals surface area contributed by atoms with Crippen molar-refractivity contribution in [2.45, 2.75) is 22.6 Å². The molecule has 0 radical (unpaired) electrons. The molecule has 0 saturated carbocycles. The lowest BCUT2D eigenvalue weighted by Gasteiger charge is -2.18. The van der Waals surface area contributed by atoms with Crippen molar-refractivity contribution >= 4 is 37.5 Å². The van der Waals surface area contributed by atoms with Gasteiger partial charge in [-0.3, -0.25) is 14.2 Å². The van der Waals surface area contributed by atoms with Gasteiger partial charge in [-0.25, -0.2) is 21.8 Å². The Morgan fingerprint density at radius 1 is 0.886 bits per heavy atom. The normalized spacial score (nSPS) is 13.9. The van der Waals surface area contributed by atoms with Crippen molar-refractivity contribution in [3.05, 3.63) is 72.4 Å². The molecule has 184 valence electrons. The Morgan fingerprint density at radius 2 is 1.54 bits per heavy atom. The number of nitrogens with one attached hydrogen (secondary N) is 2. The number of methoxy groups -OCH3 is 1. The van der Waals surface area contributed by atoms with Crippen LogP contribution in [0.1, 0.15) is 23.2 Å². The minimum atomic E-state index is -4.07. The third-order valence-corrected chi connectivity index (χ3v) is 8.18. The molecule has 0 atom stereocenters. The first-order chi connectivity index (χ1) is 16.7. The van der Waals surface area contributed by atoms with E-state index in [2.05, 4.69) is 14.4 Å². The number of nitrogens with zero attached hydrogens (tertiary/aromatic N) is 2. The van der Waals surface area contributed by atoms with Crippen LogP contribution in [0.25, 0.3) is 0 Å². The van der Waals surface area contributed by atoms with E-state index in [1.807, 2.05) is 0 Å². The fourth-order valence-electron chi connectivity index (χ4n) is 3.65. The van der Waals surface area contributed by atoms with Crippen molar-refractivity contribution in [1.82, 2.24) is 9.88 Å². The summed E-state index contributed by atoms with van der Waals surface area (Å²) in [7, 11) is -6.55. The van der Waals surface area contributed by atoms with E-state index in [9.17, 15) is 21.6 Å². The van der Waals surface area contributed by atoms with E-state index < -0.39 is 20.0 Å². The average Bonchev–Trinajstić information content (AvgIpc) is 3.39. The molecule has 12 heteroatoms. The number of pyridine rings is 1. The van der Waals surface area contributed by atoms with Gasteiger partial charge in [-0.1, -0.05) is 6.07 Å². The lowest BCUT2D eigenvalue weighted by Crippen LogP contribution is -2.28. The highest BCUT2D eigenvalue weighted by Crippen LogP contribution is 2.27. The smallest absolute Gasteiger partial charge is 0.263 e. The molecular weight excluding hydrogens is 492 g/mol. The first-order valence-corrected chi connectivity index (χ1v) is 13.7. The Labute approximate surface area is 204 Å². The fourth-order valence-corrected chi connectivity index (χ4v) is 5.74. The number of aromatic nitrogens is 1. The Bertz CT molecular complexity index is 1420. The molecular formula is C23H24N4O6S2. The molecule has 0 aliphatic carbocycles. The van der Waals surface area contributed by atoms with Crippen LogP contribution in [-0.4, -0.2) is 52.8 Å². The Morgan fingerprint density at radius 3 is 2.17 bits per heavy atom. The molecule has 10 nitrogen and oxygen atoms in total. The third-order valence-electron chi connectivity index (χ3n) is 5.43. The summed E-state index contributed by atoms with van der Waals surface area (Å²) in [4.78, 5) is 18.3. The number of rotatable bonds is 8. The number of amides is 1. The van der Waals surface area contributed by atoms with E-state index in [-0.39, 0.29) is 38.5 Å². The van der Waals surface area contributed by atoms with Gasteiger partial charge in [0, 0.05) is 25.0 Å². The Balaban J connectivity index is 1.54. The zero-order valence-corrected chi connectivity index (χ0v) is 20.5. The highest BCUT2D eigenvalue weighted by molar-refractivity contribution is 7.93. The predicted octanol–water partition coefficient (Wildman–Crippen LogP) is 2.93. The first-order valence-electron chi connectivity index (χ1n) is 10.7. The minimum absolute atomic E-state index is 0.0611. The van der Waals surface area contributed by atoms with Crippen LogP contribution in [0, 0.1) is 0 Å². The third kappa shape index (κ3) is 5.54. The molecule has 4 rings (SSSR count). The van der Waals surface area contributed by atoms with E-state index in [4.69, 9.17) is 4.74 Å². The lowest BCUT2D eigenvalue weighted by molar-refractivity contribution is 0.0789. The molecule has 2 aromatic carbocycles. The maximum absolute atomic E-state index is 13.0. The molecule has 0 spiro atoms. The monoisotopic (exact) mass is 516 g/mol. The second-order valence-electron chi connectivity index (χ2n) is 7.81. The quantitative estimate of drug-likeness (QED) is 0.470. The molecule has 1 fully saturated rings. The molecule has 0 unspecified atom stereocenters. The number of sulfonamides is 2. The van der Waals surface area contributed by atoms with Crippen LogP contribution >= 0.6 is 0 Å². The van der Waals surface area contributed by atoms with Gasteiger partial charge >= 0.3 is 0 Å². The van der Waals surface area contributed by atoms with Gasteiger partial charge in [0.2, 0.25) is 0 Å². The van der Waals surface area contributed by atoms with Gasteiger partial charge in [-0.05, 0) is 67.4 Å². The summed E-state index contributed by atoms with van der Waals surface area (Å²) >= 11 is 0. The Hall–Kier alpha value is -3.64. The van der Waals surface area contributed by atoms with Crippen LogP contribution < -0.4 is 14.2 Å². The number of carbonyl (C=O) groups excluding carboxylic acids is 1. The zero-order chi connectivity index (χ0) is 25.1. The van der Waals surface area contributed by atoms with Crippen LogP contribution in [0.4, 0.5) is 11.5 Å². The molecule has 1 aliphatic heterocycles. The standard InChI is InChI=1S/C23H24N4O6S2/c1-33-21-12-11-19(16-20(21)23(28)27-14-4-5-15-27)35(31,32)25-17-7-9-18(10-8-17)34(29,30)26-22-6-2-3-13-24-22/h2-3,6-13,16,25H,4-5,14-15H2,1H3,(H,24,26). The minimum Gasteiger partial charge on any atom is -0.496 e. The largest absolute Gasteiger partial charge is 0.496 e. The van der Waals surface area contributed by atoms with Gasteiger partial charge in [0.25, 0.3) is 26.0 Å². The first kappa shape index (κ1) is 24.5. The van der Waals surface area contributed by atoms with Crippen LogP contribution in [0.15, 0.2) is 76.7 Å². The molecule has 1 aromatic heterocycles.